The molecular formula is C17H20N2O2. The fourth-order valence-electron chi connectivity index (χ4n) is 1.89. The van der Waals surface area contributed by atoms with Crippen molar-refractivity contribution >= 4 is 11.6 Å². The van der Waals surface area contributed by atoms with E-state index in [1.165, 1.54) is 5.56 Å². The molecule has 0 fully saturated rings. The van der Waals surface area contributed by atoms with Gasteiger partial charge in [0.2, 0.25) is 0 Å². The van der Waals surface area contributed by atoms with Crippen LogP contribution in [0.15, 0.2) is 54.6 Å². The molecule has 110 valence electrons. The summed E-state index contributed by atoms with van der Waals surface area (Å²) in [6.07, 6.45) is 0. The number of hydrogen-bond donors (Lipinski definition) is 3. The number of carbonyl (C=O) groups excluding carboxylic acids is 1. The van der Waals surface area contributed by atoms with Gasteiger partial charge in [-0.15, -0.1) is 0 Å². The molecule has 2 aromatic carbocycles. The number of aliphatic hydroxyl groups excluding tert-OH is 1. The van der Waals surface area contributed by atoms with E-state index >= 15 is 0 Å². The summed E-state index contributed by atoms with van der Waals surface area (Å²) in [4.78, 5) is 11.9. The molecule has 0 saturated carbocycles. The van der Waals surface area contributed by atoms with Crippen LogP contribution in [0, 0.1) is 0 Å². The molecule has 21 heavy (non-hydrogen) atoms. The topological polar surface area (TPSA) is 61.4 Å². The van der Waals surface area contributed by atoms with E-state index in [2.05, 4.69) is 22.8 Å². The molecule has 2 rings (SSSR count). The van der Waals surface area contributed by atoms with Gasteiger partial charge >= 0.3 is 0 Å². The van der Waals surface area contributed by atoms with Crippen molar-refractivity contribution in [1.82, 2.24) is 5.32 Å². The normalized spacial score (nSPS) is 11.7. The minimum atomic E-state index is -0.242. The van der Waals surface area contributed by atoms with Crippen LogP contribution in [0.3, 0.4) is 0 Å². The second kappa shape index (κ2) is 7.45. The van der Waals surface area contributed by atoms with Crippen LogP contribution in [0.1, 0.15) is 22.8 Å². The zero-order valence-corrected chi connectivity index (χ0v) is 12.0. The smallest absolute Gasteiger partial charge is 0.251 e. The first kappa shape index (κ1) is 15.1. The van der Waals surface area contributed by atoms with Crippen LogP contribution in [0.5, 0.6) is 0 Å². The van der Waals surface area contributed by atoms with E-state index < -0.39 is 0 Å². The van der Waals surface area contributed by atoms with Gasteiger partial charge in [0.05, 0.1) is 6.61 Å². The van der Waals surface area contributed by atoms with Gasteiger partial charge in [0, 0.05) is 23.8 Å². The molecule has 4 nitrogen and oxygen atoms in total. The average molecular weight is 284 g/mol. The van der Waals surface area contributed by atoms with Gasteiger partial charge in [-0.2, -0.15) is 0 Å². The Balaban J connectivity index is 1.91. The van der Waals surface area contributed by atoms with Crippen LogP contribution in [-0.4, -0.2) is 23.7 Å². The van der Waals surface area contributed by atoms with Crippen molar-refractivity contribution in [2.24, 2.45) is 0 Å². The monoisotopic (exact) mass is 284 g/mol. The highest BCUT2D eigenvalue weighted by atomic mass is 16.3. The number of rotatable bonds is 6. The average Bonchev–Trinajstić information content (AvgIpc) is 2.54. The van der Waals surface area contributed by atoms with Gasteiger partial charge in [0.1, 0.15) is 0 Å². The van der Waals surface area contributed by atoms with Crippen LogP contribution in [-0.2, 0) is 6.54 Å². The maximum atomic E-state index is 11.9. The van der Waals surface area contributed by atoms with Crippen molar-refractivity contribution in [3.05, 3.63) is 65.7 Å². The summed E-state index contributed by atoms with van der Waals surface area (Å²) in [5.74, 6) is -0.175. The Labute approximate surface area is 124 Å². The molecule has 4 heteroatoms. The van der Waals surface area contributed by atoms with E-state index in [9.17, 15) is 4.79 Å². The summed E-state index contributed by atoms with van der Waals surface area (Å²) in [6, 6.07) is 17.2. The molecular weight excluding hydrogens is 264 g/mol. The van der Waals surface area contributed by atoms with Crippen molar-refractivity contribution < 1.29 is 9.90 Å². The van der Waals surface area contributed by atoms with Gasteiger partial charge in [-0.05, 0) is 36.8 Å². The van der Waals surface area contributed by atoms with Crippen molar-refractivity contribution in [2.45, 2.75) is 19.5 Å². The summed E-state index contributed by atoms with van der Waals surface area (Å²) >= 11 is 0. The fourth-order valence-corrected chi connectivity index (χ4v) is 1.89. The van der Waals surface area contributed by atoms with E-state index in [0.29, 0.717) is 5.56 Å². The highest BCUT2D eigenvalue weighted by Crippen LogP contribution is 2.11. The lowest BCUT2D eigenvalue weighted by Gasteiger charge is -2.11. The van der Waals surface area contributed by atoms with Crippen LogP contribution in [0.2, 0.25) is 0 Å². The maximum absolute atomic E-state index is 11.9. The molecule has 1 atom stereocenters. The number of benzene rings is 2. The predicted molar refractivity (Wildman–Crippen MR) is 84.2 cm³/mol. The van der Waals surface area contributed by atoms with Crippen molar-refractivity contribution in [3.63, 3.8) is 0 Å². The Bertz CT molecular complexity index is 567. The van der Waals surface area contributed by atoms with Crippen molar-refractivity contribution in [1.29, 1.82) is 0 Å². The van der Waals surface area contributed by atoms with Crippen LogP contribution in [0.25, 0.3) is 0 Å². The molecule has 2 aromatic rings. The SMILES string of the molecule is C[C@H](CO)NC(=O)c1ccc(NCc2ccccc2)cc1. The number of hydrogen-bond acceptors (Lipinski definition) is 3. The molecule has 0 aliphatic heterocycles. The molecule has 3 N–H and O–H groups in total. The first-order chi connectivity index (χ1) is 10.2. The van der Waals surface area contributed by atoms with Gasteiger partial charge in [-0.3, -0.25) is 4.79 Å². The van der Waals surface area contributed by atoms with E-state index in [4.69, 9.17) is 5.11 Å². The van der Waals surface area contributed by atoms with Gasteiger partial charge in [0.25, 0.3) is 5.91 Å². The summed E-state index contributed by atoms with van der Waals surface area (Å²) in [5, 5.41) is 14.9. The Kier molecular flexibility index (Phi) is 5.35. The second-order valence-corrected chi connectivity index (χ2v) is 4.97. The van der Waals surface area contributed by atoms with E-state index in [-0.39, 0.29) is 18.6 Å². The Morgan fingerprint density at radius 3 is 2.38 bits per heavy atom. The zero-order valence-electron chi connectivity index (χ0n) is 12.0. The van der Waals surface area contributed by atoms with Gasteiger partial charge in [0.15, 0.2) is 0 Å². The lowest BCUT2D eigenvalue weighted by Crippen LogP contribution is -2.34. The molecule has 0 bridgehead atoms. The number of anilines is 1. The Morgan fingerprint density at radius 2 is 1.76 bits per heavy atom. The van der Waals surface area contributed by atoms with Crippen LogP contribution >= 0.6 is 0 Å². The molecule has 0 spiro atoms. The van der Waals surface area contributed by atoms with E-state index in [0.717, 1.165) is 12.2 Å². The first-order valence-corrected chi connectivity index (χ1v) is 6.98. The third-order valence-electron chi connectivity index (χ3n) is 3.14. The summed E-state index contributed by atoms with van der Waals surface area (Å²) < 4.78 is 0. The largest absolute Gasteiger partial charge is 0.394 e. The molecule has 0 heterocycles. The molecule has 0 radical (unpaired) electrons. The van der Waals surface area contributed by atoms with E-state index in [1.807, 2.05) is 30.3 Å². The van der Waals surface area contributed by atoms with Gasteiger partial charge < -0.3 is 15.7 Å². The second-order valence-electron chi connectivity index (χ2n) is 4.97. The quantitative estimate of drug-likeness (QED) is 0.763. The lowest BCUT2D eigenvalue weighted by molar-refractivity contribution is 0.0922. The third-order valence-corrected chi connectivity index (χ3v) is 3.14. The van der Waals surface area contributed by atoms with Crippen molar-refractivity contribution in [2.75, 3.05) is 11.9 Å². The van der Waals surface area contributed by atoms with Crippen LogP contribution < -0.4 is 10.6 Å². The Morgan fingerprint density at radius 1 is 1.10 bits per heavy atom. The van der Waals surface area contributed by atoms with E-state index in [1.54, 1.807) is 19.1 Å². The predicted octanol–water partition coefficient (Wildman–Crippen LogP) is 2.41. The minimum absolute atomic E-state index is 0.0670. The molecule has 0 aromatic heterocycles. The van der Waals surface area contributed by atoms with Crippen molar-refractivity contribution in [3.8, 4) is 0 Å². The Hall–Kier alpha value is -2.33. The van der Waals surface area contributed by atoms with Gasteiger partial charge in [-0.25, -0.2) is 0 Å². The standard InChI is InChI=1S/C17H20N2O2/c1-13(12-20)19-17(21)15-7-9-16(10-8-15)18-11-14-5-3-2-4-6-14/h2-10,13,18,20H,11-12H2,1H3,(H,19,21)/t13-/m1/s1. The molecule has 0 aliphatic rings. The molecule has 0 saturated heterocycles. The van der Waals surface area contributed by atoms with Crippen LogP contribution in [0.4, 0.5) is 5.69 Å². The molecule has 1 amide bonds. The lowest BCUT2D eigenvalue weighted by atomic mass is 10.1. The highest BCUT2D eigenvalue weighted by Gasteiger charge is 2.08. The highest BCUT2D eigenvalue weighted by molar-refractivity contribution is 5.94. The zero-order chi connectivity index (χ0) is 15.1. The van der Waals surface area contributed by atoms with Gasteiger partial charge in [-0.1, -0.05) is 30.3 Å². The number of amides is 1. The number of carbonyl (C=O) groups is 1. The molecule has 0 aliphatic carbocycles. The number of aliphatic hydroxyl groups is 1. The fraction of sp³-hybridized carbons (Fsp3) is 0.235. The maximum Gasteiger partial charge on any atom is 0.251 e. The number of nitrogens with one attached hydrogen (secondary N) is 2. The third kappa shape index (κ3) is 4.61. The summed E-state index contributed by atoms with van der Waals surface area (Å²) in [7, 11) is 0. The summed E-state index contributed by atoms with van der Waals surface area (Å²) in [5.41, 5.74) is 2.75. The first-order valence-electron chi connectivity index (χ1n) is 6.98. The summed E-state index contributed by atoms with van der Waals surface area (Å²) in [6.45, 7) is 2.43. The minimum Gasteiger partial charge on any atom is -0.394 e. The molecule has 0 unspecified atom stereocenters.